The van der Waals surface area contributed by atoms with E-state index in [4.69, 9.17) is 9.29 Å². The summed E-state index contributed by atoms with van der Waals surface area (Å²) >= 11 is 0. The average molecular weight is 422 g/mol. The highest BCUT2D eigenvalue weighted by atomic mass is 32.2. The van der Waals surface area contributed by atoms with E-state index in [0.29, 0.717) is 17.0 Å². The van der Waals surface area contributed by atoms with Crippen molar-refractivity contribution in [1.82, 2.24) is 0 Å². The van der Waals surface area contributed by atoms with Crippen LogP contribution in [0.3, 0.4) is 0 Å². The molecule has 152 valence electrons. The summed E-state index contributed by atoms with van der Waals surface area (Å²) in [5, 5.41) is 6.38. The van der Waals surface area contributed by atoms with Crippen LogP contribution >= 0.6 is 0 Å². The van der Waals surface area contributed by atoms with Gasteiger partial charge in [-0.2, -0.15) is 8.42 Å². The Hall–Kier alpha value is -3.62. The van der Waals surface area contributed by atoms with E-state index in [-0.39, 0.29) is 11.6 Å². The summed E-state index contributed by atoms with van der Waals surface area (Å²) in [4.78, 5) is 13.1. The van der Waals surface area contributed by atoms with Gasteiger partial charge in [0.2, 0.25) is 0 Å². The quantitative estimate of drug-likeness (QED) is 0.325. The summed E-state index contributed by atoms with van der Waals surface area (Å²) in [5.74, 6) is 0.363. The van der Waals surface area contributed by atoms with Crippen LogP contribution < -0.4 is 14.8 Å². The fourth-order valence-corrected chi connectivity index (χ4v) is 3.87. The largest absolute Gasteiger partial charge is 0.496 e. The Morgan fingerprint density at radius 2 is 1.43 bits per heavy atom. The number of hydrogen-bond donors (Lipinski definition) is 3. The minimum atomic E-state index is -4.36. The Morgan fingerprint density at radius 1 is 0.833 bits per heavy atom. The van der Waals surface area contributed by atoms with Crippen LogP contribution in [0.4, 0.5) is 11.4 Å². The molecule has 0 radical (unpaired) electrons. The molecule has 0 atom stereocenters. The van der Waals surface area contributed by atoms with Gasteiger partial charge in [-0.3, -0.25) is 14.1 Å². The van der Waals surface area contributed by atoms with Crippen LogP contribution in [0.5, 0.6) is 5.75 Å². The molecule has 0 saturated carbocycles. The summed E-state index contributed by atoms with van der Waals surface area (Å²) in [7, 11) is -2.77. The topological polar surface area (TPSA) is 105 Å². The van der Waals surface area contributed by atoms with Crippen molar-refractivity contribution in [1.29, 1.82) is 0 Å². The van der Waals surface area contributed by atoms with Crippen molar-refractivity contribution >= 4 is 49.1 Å². The highest BCUT2D eigenvalue weighted by Crippen LogP contribution is 2.34. The van der Waals surface area contributed by atoms with Gasteiger partial charge in [-0.05, 0) is 52.6 Å². The summed E-state index contributed by atoms with van der Waals surface area (Å²) in [5.41, 5.74) is 1.14. The number of carbonyl (C=O) groups excluding carboxylic acids is 1. The number of fused-ring (bicyclic) bond motifs is 3. The third kappa shape index (κ3) is 3.91. The molecule has 30 heavy (non-hydrogen) atoms. The van der Waals surface area contributed by atoms with Crippen LogP contribution in [0.2, 0.25) is 0 Å². The van der Waals surface area contributed by atoms with Crippen molar-refractivity contribution in [2.24, 2.45) is 0 Å². The number of methoxy groups -OCH3 is 1. The minimum Gasteiger partial charge on any atom is -0.496 e. The minimum absolute atomic E-state index is 0.177. The van der Waals surface area contributed by atoms with Gasteiger partial charge in [0.05, 0.1) is 12.8 Å². The molecule has 8 heteroatoms. The molecular weight excluding hydrogens is 404 g/mol. The fraction of sp³-hybridized carbons (Fsp3) is 0.0455. The third-order valence-electron chi connectivity index (χ3n) is 4.72. The number of nitrogens with one attached hydrogen (secondary N) is 2. The Kier molecular flexibility index (Phi) is 5.03. The zero-order chi connectivity index (χ0) is 21.3. The summed E-state index contributed by atoms with van der Waals surface area (Å²) in [6.07, 6.45) is 0. The average Bonchev–Trinajstić information content (AvgIpc) is 2.73. The van der Waals surface area contributed by atoms with E-state index in [1.165, 1.54) is 24.3 Å². The van der Waals surface area contributed by atoms with E-state index in [2.05, 4.69) is 5.32 Å². The second kappa shape index (κ2) is 7.66. The predicted molar refractivity (Wildman–Crippen MR) is 118 cm³/mol. The molecule has 0 unspecified atom stereocenters. The van der Waals surface area contributed by atoms with Crippen molar-refractivity contribution in [3.63, 3.8) is 0 Å². The number of benzene rings is 4. The SMILES string of the molecule is COc1cccc2c1cc(C(=O)Nc1ccc(NS(=O)(=O)O)cc1)c1ccccc12. The van der Waals surface area contributed by atoms with Crippen molar-refractivity contribution in [2.75, 3.05) is 17.1 Å². The second-order valence-corrected chi connectivity index (χ2v) is 7.79. The molecule has 4 rings (SSSR count). The van der Waals surface area contributed by atoms with E-state index in [0.717, 1.165) is 21.5 Å². The standard InChI is InChI=1S/C22H18N2O5S/c1-29-21-8-4-7-17-16-5-2-3-6-18(16)20(13-19(17)21)22(25)23-14-9-11-15(12-10-14)24-30(26,27)28/h2-13,24H,1H3,(H,23,25)(H,26,27,28). The lowest BCUT2D eigenvalue weighted by atomic mass is 9.96. The molecule has 0 fully saturated rings. The first-order valence-corrected chi connectivity index (χ1v) is 10.4. The Bertz CT molecular complexity index is 1370. The van der Waals surface area contributed by atoms with Crippen molar-refractivity contribution in [2.45, 2.75) is 0 Å². The van der Waals surface area contributed by atoms with E-state index in [1.807, 2.05) is 47.2 Å². The molecule has 0 spiro atoms. The van der Waals surface area contributed by atoms with Gasteiger partial charge in [0, 0.05) is 16.6 Å². The van der Waals surface area contributed by atoms with Crippen molar-refractivity contribution < 1.29 is 22.5 Å². The normalized spacial score (nSPS) is 11.4. The lowest BCUT2D eigenvalue weighted by molar-refractivity contribution is 0.102. The zero-order valence-electron chi connectivity index (χ0n) is 15.9. The Balaban J connectivity index is 1.74. The maximum atomic E-state index is 13.1. The lowest BCUT2D eigenvalue weighted by Gasteiger charge is -2.13. The zero-order valence-corrected chi connectivity index (χ0v) is 16.7. The lowest BCUT2D eigenvalue weighted by Crippen LogP contribution is -2.13. The molecule has 3 N–H and O–H groups in total. The van der Waals surface area contributed by atoms with Crippen LogP contribution in [0.1, 0.15) is 10.4 Å². The fourth-order valence-electron chi connectivity index (χ4n) is 3.44. The van der Waals surface area contributed by atoms with Gasteiger partial charge in [0.1, 0.15) is 5.75 Å². The molecule has 4 aromatic rings. The first kappa shape index (κ1) is 19.7. The molecule has 0 bridgehead atoms. The molecule has 0 aliphatic heterocycles. The molecule has 1 amide bonds. The number of anilines is 2. The van der Waals surface area contributed by atoms with Gasteiger partial charge in [0.15, 0.2) is 0 Å². The molecule has 0 heterocycles. The van der Waals surface area contributed by atoms with Gasteiger partial charge < -0.3 is 10.1 Å². The highest BCUT2D eigenvalue weighted by Gasteiger charge is 2.15. The monoisotopic (exact) mass is 422 g/mol. The van der Waals surface area contributed by atoms with Gasteiger partial charge in [-0.15, -0.1) is 0 Å². The van der Waals surface area contributed by atoms with Crippen LogP contribution in [0, 0.1) is 0 Å². The van der Waals surface area contributed by atoms with E-state index >= 15 is 0 Å². The maximum Gasteiger partial charge on any atom is 0.357 e. The Labute approximate surface area is 173 Å². The summed E-state index contributed by atoms with van der Waals surface area (Å²) in [6, 6.07) is 21.1. The van der Waals surface area contributed by atoms with Crippen molar-refractivity contribution in [3.05, 3.63) is 78.4 Å². The number of amides is 1. The molecule has 4 aromatic carbocycles. The van der Waals surface area contributed by atoms with Gasteiger partial charge in [-0.25, -0.2) is 0 Å². The van der Waals surface area contributed by atoms with E-state index < -0.39 is 10.3 Å². The molecular formula is C22H18N2O5S. The summed E-state index contributed by atoms with van der Waals surface area (Å²) < 4.78 is 38.1. The smallest absolute Gasteiger partial charge is 0.357 e. The second-order valence-electron chi connectivity index (χ2n) is 6.63. The van der Waals surface area contributed by atoms with Crippen LogP contribution in [-0.4, -0.2) is 26.0 Å². The van der Waals surface area contributed by atoms with Crippen molar-refractivity contribution in [3.8, 4) is 5.75 Å². The van der Waals surface area contributed by atoms with Gasteiger partial charge in [-0.1, -0.05) is 36.4 Å². The molecule has 0 aromatic heterocycles. The van der Waals surface area contributed by atoms with Crippen LogP contribution in [0.15, 0.2) is 72.8 Å². The van der Waals surface area contributed by atoms with Gasteiger partial charge >= 0.3 is 10.3 Å². The highest BCUT2D eigenvalue weighted by molar-refractivity contribution is 7.87. The van der Waals surface area contributed by atoms with E-state index in [9.17, 15) is 13.2 Å². The molecule has 7 nitrogen and oxygen atoms in total. The number of carbonyl (C=O) groups is 1. The molecule has 0 aliphatic rings. The Morgan fingerprint density at radius 3 is 2.10 bits per heavy atom. The predicted octanol–water partition coefficient (Wildman–Crippen LogP) is 4.47. The molecule has 0 saturated heterocycles. The van der Waals surface area contributed by atoms with Crippen LogP contribution in [-0.2, 0) is 10.3 Å². The number of hydrogen-bond acceptors (Lipinski definition) is 4. The third-order valence-corrected chi connectivity index (χ3v) is 5.21. The molecule has 0 aliphatic carbocycles. The summed E-state index contributed by atoms with van der Waals surface area (Å²) in [6.45, 7) is 0. The maximum absolute atomic E-state index is 13.1. The number of rotatable bonds is 5. The number of ether oxygens (including phenoxy) is 1. The van der Waals surface area contributed by atoms with E-state index in [1.54, 1.807) is 13.2 Å². The van der Waals surface area contributed by atoms with Crippen LogP contribution in [0.25, 0.3) is 21.5 Å². The first-order chi connectivity index (χ1) is 14.4. The van der Waals surface area contributed by atoms with Gasteiger partial charge in [0.25, 0.3) is 5.91 Å². The first-order valence-electron chi connectivity index (χ1n) is 9.01.